The van der Waals surface area contributed by atoms with Crippen LogP contribution in [0, 0.1) is 0 Å². The van der Waals surface area contributed by atoms with Gasteiger partial charge in [-0.25, -0.2) is 0 Å². The van der Waals surface area contributed by atoms with E-state index in [-0.39, 0.29) is 17.2 Å². The molecule has 1 fully saturated rings. The summed E-state index contributed by atoms with van der Waals surface area (Å²) in [7, 11) is 0. The van der Waals surface area contributed by atoms with E-state index in [9.17, 15) is 9.59 Å². The van der Waals surface area contributed by atoms with Gasteiger partial charge < -0.3 is 10.2 Å². The second-order valence-corrected chi connectivity index (χ2v) is 4.76. The van der Waals surface area contributed by atoms with Gasteiger partial charge in [0.2, 0.25) is 5.91 Å². The molecule has 0 bridgehead atoms. The molecule has 18 heavy (non-hydrogen) atoms. The van der Waals surface area contributed by atoms with Gasteiger partial charge in [-0.1, -0.05) is 0 Å². The van der Waals surface area contributed by atoms with Crippen LogP contribution in [0.3, 0.4) is 0 Å². The van der Waals surface area contributed by atoms with Gasteiger partial charge in [-0.2, -0.15) is 0 Å². The number of alkyl halides is 1. The number of nitrogens with one attached hydrogen (secondary N) is 1. The summed E-state index contributed by atoms with van der Waals surface area (Å²) in [6.07, 6.45) is 3.50. The fraction of sp³-hybridized carbons (Fsp3) is 0.417. The Kier molecular flexibility index (Phi) is 4.15. The molecule has 1 aromatic rings. The monoisotopic (exact) mass is 267 g/mol. The highest BCUT2D eigenvalue weighted by Crippen LogP contribution is 2.15. The van der Waals surface area contributed by atoms with E-state index < -0.39 is 0 Å². The number of hydrogen-bond donors (Lipinski definition) is 1. The number of carbonyl (C=O) groups excluding carboxylic acids is 2. The molecule has 5 nitrogen and oxygen atoms in total. The number of hydrogen-bond acceptors (Lipinski definition) is 3. The van der Waals surface area contributed by atoms with E-state index in [4.69, 9.17) is 11.6 Å². The van der Waals surface area contributed by atoms with Gasteiger partial charge in [-0.15, -0.1) is 11.6 Å². The van der Waals surface area contributed by atoms with Crippen LogP contribution in [-0.2, 0) is 4.79 Å². The molecule has 96 valence electrons. The summed E-state index contributed by atoms with van der Waals surface area (Å²) < 4.78 is 0. The Balaban J connectivity index is 1.76. The first-order chi connectivity index (χ1) is 8.66. The van der Waals surface area contributed by atoms with E-state index in [1.807, 2.05) is 0 Å². The van der Waals surface area contributed by atoms with Crippen molar-refractivity contribution in [2.45, 2.75) is 11.8 Å². The summed E-state index contributed by atoms with van der Waals surface area (Å²) in [4.78, 5) is 28.7. The molecule has 1 aromatic heterocycles. The third-order valence-corrected chi connectivity index (χ3v) is 3.05. The third kappa shape index (κ3) is 3.20. The highest BCUT2D eigenvalue weighted by molar-refractivity contribution is 6.22. The predicted octanol–water partition coefficient (Wildman–Crippen LogP) is 0.651. The van der Waals surface area contributed by atoms with Gasteiger partial charge in [0, 0.05) is 38.4 Å². The first kappa shape index (κ1) is 12.8. The van der Waals surface area contributed by atoms with Crippen molar-refractivity contribution < 1.29 is 9.59 Å². The number of likely N-dealkylation sites (tertiary alicyclic amines) is 1. The maximum atomic E-state index is 11.7. The molecule has 2 rings (SSSR count). The van der Waals surface area contributed by atoms with Crippen LogP contribution in [0.25, 0.3) is 0 Å². The number of aromatic nitrogens is 1. The van der Waals surface area contributed by atoms with Crippen molar-refractivity contribution in [1.29, 1.82) is 0 Å². The first-order valence-electron chi connectivity index (χ1n) is 5.77. The minimum Gasteiger partial charge on any atom is -0.350 e. The zero-order valence-electron chi connectivity index (χ0n) is 9.80. The van der Waals surface area contributed by atoms with Crippen molar-refractivity contribution in [2.75, 3.05) is 19.6 Å². The van der Waals surface area contributed by atoms with Crippen LogP contribution in [0.15, 0.2) is 24.5 Å². The highest BCUT2D eigenvalue weighted by atomic mass is 35.5. The van der Waals surface area contributed by atoms with Crippen molar-refractivity contribution in [3.63, 3.8) is 0 Å². The Morgan fingerprint density at radius 3 is 3.06 bits per heavy atom. The molecule has 1 unspecified atom stereocenters. The fourth-order valence-electron chi connectivity index (χ4n) is 1.84. The third-order valence-electron chi connectivity index (χ3n) is 2.76. The Morgan fingerprint density at radius 1 is 1.61 bits per heavy atom. The van der Waals surface area contributed by atoms with Crippen molar-refractivity contribution in [3.05, 3.63) is 30.1 Å². The highest BCUT2D eigenvalue weighted by Gasteiger charge is 2.27. The summed E-state index contributed by atoms with van der Waals surface area (Å²) in [5.41, 5.74) is 0.514. The Bertz CT molecular complexity index is 438. The normalized spacial score (nSPS) is 19.1. The van der Waals surface area contributed by atoms with Gasteiger partial charge in [0.1, 0.15) is 0 Å². The zero-order chi connectivity index (χ0) is 13.0. The summed E-state index contributed by atoms with van der Waals surface area (Å²) >= 11 is 5.88. The van der Waals surface area contributed by atoms with E-state index in [0.29, 0.717) is 31.6 Å². The minimum atomic E-state index is -0.183. The van der Waals surface area contributed by atoms with Gasteiger partial charge in [0.15, 0.2) is 0 Å². The molecule has 1 saturated heterocycles. The average molecular weight is 268 g/mol. The van der Waals surface area contributed by atoms with Crippen LogP contribution in [0.4, 0.5) is 0 Å². The second-order valence-electron chi connectivity index (χ2n) is 4.14. The molecule has 0 spiro atoms. The van der Waals surface area contributed by atoms with Crippen LogP contribution >= 0.6 is 11.6 Å². The van der Waals surface area contributed by atoms with Crippen molar-refractivity contribution in [3.8, 4) is 0 Å². The standard InChI is InChI=1S/C12H14ClN3O2/c13-10-6-11(17)16(8-10)5-4-15-12(18)9-2-1-3-14-7-9/h1-3,7,10H,4-6,8H2,(H,15,18). The molecule has 6 heteroatoms. The molecule has 0 aromatic carbocycles. The van der Waals surface area contributed by atoms with Crippen molar-refractivity contribution >= 4 is 23.4 Å². The second kappa shape index (κ2) is 5.82. The summed E-state index contributed by atoms with van der Waals surface area (Å²) in [6, 6.07) is 3.40. The molecule has 0 saturated carbocycles. The molecular formula is C12H14ClN3O2. The number of halogens is 1. The van der Waals surface area contributed by atoms with Crippen LogP contribution < -0.4 is 5.32 Å². The van der Waals surface area contributed by atoms with E-state index in [1.165, 1.54) is 6.20 Å². The van der Waals surface area contributed by atoms with E-state index >= 15 is 0 Å². The van der Waals surface area contributed by atoms with Crippen LogP contribution in [-0.4, -0.2) is 46.7 Å². The smallest absolute Gasteiger partial charge is 0.252 e. The molecule has 0 aliphatic carbocycles. The van der Waals surface area contributed by atoms with Crippen LogP contribution in [0.2, 0.25) is 0 Å². The molecule has 0 radical (unpaired) electrons. The van der Waals surface area contributed by atoms with E-state index in [2.05, 4.69) is 10.3 Å². The number of carbonyl (C=O) groups is 2. The van der Waals surface area contributed by atoms with Crippen molar-refractivity contribution in [1.82, 2.24) is 15.2 Å². The van der Waals surface area contributed by atoms with Gasteiger partial charge in [-0.3, -0.25) is 14.6 Å². The topological polar surface area (TPSA) is 62.3 Å². The molecular weight excluding hydrogens is 254 g/mol. The predicted molar refractivity (Wildman–Crippen MR) is 67.4 cm³/mol. The maximum absolute atomic E-state index is 11.7. The molecule has 1 atom stereocenters. The molecule has 2 heterocycles. The Morgan fingerprint density at radius 2 is 2.44 bits per heavy atom. The number of pyridine rings is 1. The maximum Gasteiger partial charge on any atom is 0.252 e. The Hall–Kier alpha value is -1.62. The lowest BCUT2D eigenvalue weighted by Crippen LogP contribution is -2.35. The fourth-order valence-corrected chi connectivity index (χ4v) is 2.14. The molecule has 1 N–H and O–H groups in total. The molecule has 1 aliphatic rings. The van der Waals surface area contributed by atoms with Gasteiger partial charge in [-0.05, 0) is 12.1 Å². The van der Waals surface area contributed by atoms with Gasteiger partial charge in [0.25, 0.3) is 5.91 Å². The lowest BCUT2D eigenvalue weighted by atomic mass is 10.3. The summed E-state index contributed by atoms with van der Waals surface area (Å²) in [5.74, 6) is -0.136. The van der Waals surface area contributed by atoms with Gasteiger partial charge >= 0.3 is 0 Å². The lowest BCUT2D eigenvalue weighted by molar-refractivity contribution is -0.127. The van der Waals surface area contributed by atoms with Gasteiger partial charge in [0.05, 0.1) is 10.9 Å². The zero-order valence-corrected chi connectivity index (χ0v) is 10.6. The minimum absolute atomic E-state index is 0.0469. The van der Waals surface area contributed by atoms with E-state index in [0.717, 1.165) is 0 Å². The Labute approximate surface area is 110 Å². The summed E-state index contributed by atoms with van der Waals surface area (Å²) in [5, 5.41) is 2.64. The number of nitrogens with zero attached hydrogens (tertiary/aromatic N) is 2. The average Bonchev–Trinajstić information content (AvgIpc) is 2.69. The SMILES string of the molecule is O=C(NCCN1CC(Cl)CC1=O)c1cccnc1. The van der Waals surface area contributed by atoms with Crippen molar-refractivity contribution in [2.24, 2.45) is 0 Å². The number of amides is 2. The number of rotatable bonds is 4. The molecule has 1 aliphatic heterocycles. The van der Waals surface area contributed by atoms with E-state index in [1.54, 1.807) is 23.2 Å². The largest absolute Gasteiger partial charge is 0.350 e. The summed E-state index contributed by atoms with van der Waals surface area (Å²) in [6.45, 7) is 1.47. The van der Waals surface area contributed by atoms with Crippen LogP contribution in [0.1, 0.15) is 16.8 Å². The lowest BCUT2D eigenvalue weighted by Gasteiger charge is -2.15. The first-order valence-corrected chi connectivity index (χ1v) is 6.20. The van der Waals surface area contributed by atoms with Crippen LogP contribution in [0.5, 0.6) is 0 Å². The molecule has 2 amide bonds. The quantitative estimate of drug-likeness (QED) is 0.815.